The summed E-state index contributed by atoms with van der Waals surface area (Å²) in [4.78, 5) is 14.9. The van der Waals surface area contributed by atoms with Gasteiger partial charge in [0.05, 0.1) is 22.5 Å². The third-order valence-corrected chi connectivity index (χ3v) is 4.88. The second kappa shape index (κ2) is 7.36. The lowest BCUT2D eigenvalue weighted by Gasteiger charge is -2.24. The molecule has 2 rings (SSSR count). The highest BCUT2D eigenvalue weighted by Gasteiger charge is 2.36. The van der Waals surface area contributed by atoms with Gasteiger partial charge in [-0.2, -0.15) is 0 Å². The van der Waals surface area contributed by atoms with E-state index in [4.69, 9.17) is 16.7 Å². The second-order valence-electron chi connectivity index (χ2n) is 5.17. The molecule has 0 saturated carbocycles. The largest absolute Gasteiger partial charge is 0.505 e. The van der Waals surface area contributed by atoms with Crippen LogP contribution in [-0.2, 0) is 0 Å². The Morgan fingerprint density at radius 1 is 1.21 bits per heavy atom. The van der Waals surface area contributed by atoms with Crippen molar-refractivity contribution in [3.8, 4) is 5.75 Å². The molecule has 1 aromatic carbocycles. The van der Waals surface area contributed by atoms with Gasteiger partial charge >= 0.3 is 0 Å². The predicted octanol–water partition coefficient (Wildman–Crippen LogP) is -0.0920. The monoisotopic (exact) mass is 423 g/mol. The summed E-state index contributed by atoms with van der Waals surface area (Å²) in [6.07, 6.45) is -7.93. The summed E-state index contributed by atoms with van der Waals surface area (Å²) in [5.74, 6) is -1.64. The number of rotatable bonds is 6. The first-order valence-electron chi connectivity index (χ1n) is 6.76. The van der Waals surface area contributed by atoms with E-state index in [0.717, 1.165) is 0 Å². The van der Waals surface area contributed by atoms with Crippen molar-refractivity contribution in [2.75, 3.05) is 6.61 Å². The van der Waals surface area contributed by atoms with Crippen LogP contribution < -0.4 is 0 Å². The molecule has 10 heteroatoms. The molecule has 8 nitrogen and oxygen atoms in total. The SMILES string of the molecule is O=C(c1[nH]c2ccc(Br)c(Cl)c2c1O)[C@H](O)[C@@H](O)[C@@H](O)[C@H](O)CO. The van der Waals surface area contributed by atoms with E-state index in [2.05, 4.69) is 20.9 Å². The number of aromatic nitrogens is 1. The van der Waals surface area contributed by atoms with Crippen molar-refractivity contribution in [3.05, 3.63) is 27.3 Å². The molecule has 1 aromatic heterocycles. The highest BCUT2D eigenvalue weighted by Crippen LogP contribution is 2.39. The number of carbonyl (C=O) groups is 1. The average molecular weight is 425 g/mol. The van der Waals surface area contributed by atoms with Crippen LogP contribution in [0.4, 0.5) is 0 Å². The van der Waals surface area contributed by atoms with E-state index < -0.39 is 48.2 Å². The summed E-state index contributed by atoms with van der Waals surface area (Å²) in [6, 6.07) is 3.12. The fraction of sp³-hybridized carbons (Fsp3) is 0.357. The normalized spacial score (nSPS) is 16.8. The molecule has 0 radical (unpaired) electrons. The van der Waals surface area contributed by atoms with E-state index in [1.807, 2.05) is 0 Å². The van der Waals surface area contributed by atoms with Crippen molar-refractivity contribution < 1.29 is 35.4 Å². The number of H-pyrrole nitrogens is 1. The van der Waals surface area contributed by atoms with Crippen LogP contribution in [0.2, 0.25) is 5.02 Å². The second-order valence-corrected chi connectivity index (χ2v) is 6.41. The molecule has 7 N–H and O–H groups in total. The van der Waals surface area contributed by atoms with E-state index in [1.165, 1.54) is 6.07 Å². The van der Waals surface area contributed by atoms with Crippen molar-refractivity contribution in [2.24, 2.45) is 0 Å². The number of aromatic amines is 1. The van der Waals surface area contributed by atoms with Crippen LogP contribution in [0.25, 0.3) is 10.9 Å². The summed E-state index contributed by atoms with van der Waals surface area (Å²) in [5.41, 5.74) is -0.0936. The highest BCUT2D eigenvalue weighted by molar-refractivity contribution is 9.10. The Kier molecular flexibility index (Phi) is 5.87. The van der Waals surface area contributed by atoms with Crippen LogP contribution >= 0.6 is 27.5 Å². The zero-order chi connectivity index (χ0) is 18.2. The summed E-state index contributed by atoms with van der Waals surface area (Å²) >= 11 is 9.23. The molecule has 24 heavy (non-hydrogen) atoms. The molecule has 132 valence electrons. The maximum Gasteiger partial charge on any atom is 0.213 e. The number of carbonyl (C=O) groups excluding carboxylic acids is 1. The van der Waals surface area contributed by atoms with Crippen molar-refractivity contribution in [1.29, 1.82) is 0 Å². The summed E-state index contributed by atoms with van der Waals surface area (Å²) in [5, 5.41) is 57.7. The van der Waals surface area contributed by atoms with Gasteiger partial charge in [-0.25, -0.2) is 0 Å². The Labute approximate surface area is 149 Å². The lowest BCUT2D eigenvalue weighted by Crippen LogP contribution is -2.48. The molecule has 4 atom stereocenters. The summed E-state index contributed by atoms with van der Waals surface area (Å²) in [6.45, 7) is -0.875. The zero-order valence-electron chi connectivity index (χ0n) is 12.0. The number of aliphatic hydroxyl groups excluding tert-OH is 5. The van der Waals surface area contributed by atoms with Gasteiger partial charge in [0, 0.05) is 4.47 Å². The van der Waals surface area contributed by atoms with Gasteiger partial charge in [-0.15, -0.1) is 0 Å². The number of hydrogen-bond donors (Lipinski definition) is 7. The lowest BCUT2D eigenvalue weighted by atomic mass is 9.98. The zero-order valence-corrected chi connectivity index (χ0v) is 14.4. The molecule has 2 aromatic rings. The van der Waals surface area contributed by atoms with Gasteiger partial charge in [-0.05, 0) is 28.1 Å². The Morgan fingerprint density at radius 3 is 2.42 bits per heavy atom. The van der Waals surface area contributed by atoms with Crippen LogP contribution in [0.1, 0.15) is 10.5 Å². The number of aromatic hydroxyl groups is 1. The number of ketones is 1. The molecule has 0 aliphatic rings. The van der Waals surface area contributed by atoms with E-state index in [1.54, 1.807) is 6.07 Å². The van der Waals surface area contributed by atoms with Crippen LogP contribution in [0.5, 0.6) is 5.75 Å². The van der Waals surface area contributed by atoms with Gasteiger partial charge in [0.1, 0.15) is 30.1 Å². The first-order chi connectivity index (χ1) is 11.2. The summed E-state index contributed by atoms with van der Waals surface area (Å²) in [7, 11) is 0. The minimum absolute atomic E-state index is 0.145. The molecule has 0 unspecified atom stereocenters. The van der Waals surface area contributed by atoms with E-state index >= 15 is 0 Å². The van der Waals surface area contributed by atoms with Crippen LogP contribution in [-0.4, -0.2) is 72.4 Å². The van der Waals surface area contributed by atoms with E-state index in [9.17, 15) is 30.3 Å². The minimum atomic E-state index is -2.15. The number of benzene rings is 1. The van der Waals surface area contributed by atoms with Gasteiger partial charge in [0.15, 0.2) is 5.75 Å². The first kappa shape index (κ1) is 19.1. The van der Waals surface area contributed by atoms with Gasteiger partial charge in [-0.3, -0.25) is 4.79 Å². The van der Waals surface area contributed by atoms with Gasteiger partial charge in [-0.1, -0.05) is 11.6 Å². The smallest absolute Gasteiger partial charge is 0.213 e. The van der Waals surface area contributed by atoms with Gasteiger partial charge in [0.25, 0.3) is 0 Å². The number of Topliss-reactive ketones (excluding diaryl/α,β-unsaturated/α-hetero) is 1. The third-order valence-electron chi connectivity index (χ3n) is 3.60. The first-order valence-corrected chi connectivity index (χ1v) is 7.93. The minimum Gasteiger partial charge on any atom is -0.505 e. The molecule has 0 bridgehead atoms. The van der Waals surface area contributed by atoms with E-state index in [0.29, 0.717) is 9.99 Å². The van der Waals surface area contributed by atoms with Crippen molar-refractivity contribution in [3.63, 3.8) is 0 Å². The van der Waals surface area contributed by atoms with Crippen molar-refractivity contribution in [1.82, 2.24) is 4.98 Å². The predicted molar refractivity (Wildman–Crippen MR) is 88.1 cm³/mol. The molecule has 0 amide bonds. The maximum atomic E-state index is 12.3. The van der Waals surface area contributed by atoms with E-state index in [-0.39, 0.29) is 10.4 Å². The highest BCUT2D eigenvalue weighted by atomic mass is 79.9. The molecular weight excluding hydrogens is 410 g/mol. The fourth-order valence-electron chi connectivity index (χ4n) is 2.21. The average Bonchev–Trinajstić information content (AvgIpc) is 2.92. The quantitative estimate of drug-likeness (QED) is 0.320. The Balaban J connectivity index is 2.38. The Morgan fingerprint density at radius 2 is 1.83 bits per heavy atom. The van der Waals surface area contributed by atoms with Crippen LogP contribution in [0.15, 0.2) is 16.6 Å². The topological polar surface area (TPSA) is 154 Å². The molecule has 0 saturated heterocycles. The number of aliphatic hydroxyl groups is 5. The molecule has 0 aliphatic carbocycles. The van der Waals surface area contributed by atoms with Gasteiger partial charge in [0.2, 0.25) is 5.78 Å². The maximum absolute atomic E-state index is 12.3. The molecule has 0 aliphatic heterocycles. The van der Waals surface area contributed by atoms with Gasteiger partial charge < -0.3 is 35.6 Å². The van der Waals surface area contributed by atoms with Crippen LogP contribution in [0, 0.1) is 0 Å². The molecule has 0 fully saturated rings. The number of hydrogen-bond acceptors (Lipinski definition) is 7. The van der Waals surface area contributed by atoms with Crippen LogP contribution in [0.3, 0.4) is 0 Å². The standard InChI is InChI=1S/C14H15BrClNO7/c15-4-1-2-5-7(8(4)16)11(21)9(17-5)12(22)14(24)13(23)10(20)6(19)3-18/h1-2,6,10,13-14,17-21,23-24H,3H2/t6-,10+,13+,14+/m1/s1. The molecule has 0 spiro atoms. The summed E-state index contributed by atoms with van der Waals surface area (Å²) < 4.78 is 0.479. The molecule has 1 heterocycles. The number of nitrogens with one attached hydrogen (secondary N) is 1. The van der Waals surface area contributed by atoms with Crippen molar-refractivity contribution >= 4 is 44.2 Å². The lowest BCUT2D eigenvalue weighted by molar-refractivity contribution is -0.106. The Hall–Kier alpha value is -1.20. The third kappa shape index (κ3) is 3.29. The fourth-order valence-corrected chi connectivity index (χ4v) is 2.79. The number of fused-ring (bicyclic) bond motifs is 1. The van der Waals surface area contributed by atoms with Crippen molar-refractivity contribution in [2.45, 2.75) is 24.4 Å². The molecular formula is C14H15BrClNO7. The Bertz CT molecular complexity index is 765. The number of halogens is 2.